The summed E-state index contributed by atoms with van der Waals surface area (Å²) in [5.74, 6) is 1.55. The minimum Gasteiger partial charge on any atom is -0.493 e. The van der Waals surface area contributed by atoms with E-state index in [-0.39, 0.29) is 17.9 Å². The van der Waals surface area contributed by atoms with Crippen LogP contribution in [0.2, 0.25) is 0 Å². The molecule has 0 fully saturated rings. The van der Waals surface area contributed by atoms with Gasteiger partial charge in [-0.2, -0.15) is 5.26 Å². The fourth-order valence-corrected chi connectivity index (χ4v) is 2.21. The molecular weight excluding hydrogens is 240 g/mol. The van der Waals surface area contributed by atoms with E-state index < -0.39 is 0 Å². The Balaban J connectivity index is 3.15. The van der Waals surface area contributed by atoms with E-state index in [1.165, 1.54) is 0 Å². The van der Waals surface area contributed by atoms with Crippen LogP contribution < -0.4 is 14.8 Å². The first-order chi connectivity index (χ1) is 9.08. The maximum Gasteiger partial charge on any atom is 0.161 e. The molecule has 0 aliphatic rings. The standard InChI is InChI=1S/C15H22N2O2/c1-10(2)12(9-16)15(17-3)11-6-7-13(18-4)14(8-11)19-5/h6-8,10,12,15,17H,1-5H3. The average Bonchev–Trinajstić information content (AvgIpc) is 2.43. The van der Waals surface area contributed by atoms with Crippen molar-refractivity contribution in [2.45, 2.75) is 19.9 Å². The van der Waals surface area contributed by atoms with Crippen molar-refractivity contribution >= 4 is 0 Å². The van der Waals surface area contributed by atoms with E-state index in [0.29, 0.717) is 11.5 Å². The van der Waals surface area contributed by atoms with Gasteiger partial charge < -0.3 is 14.8 Å². The number of ether oxygens (including phenoxy) is 2. The topological polar surface area (TPSA) is 54.3 Å². The van der Waals surface area contributed by atoms with E-state index in [2.05, 4.69) is 25.2 Å². The maximum atomic E-state index is 9.34. The highest BCUT2D eigenvalue weighted by molar-refractivity contribution is 5.44. The highest BCUT2D eigenvalue weighted by Gasteiger charge is 2.25. The van der Waals surface area contributed by atoms with Gasteiger partial charge in [0, 0.05) is 6.04 Å². The van der Waals surface area contributed by atoms with Crippen molar-refractivity contribution in [3.8, 4) is 17.6 Å². The van der Waals surface area contributed by atoms with Crippen molar-refractivity contribution in [2.75, 3.05) is 21.3 Å². The Morgan fingerprint density at radius 2 is 1.79 bits per heavy atom. The zero-order valence-electron chi connectivity index (χ0n) is 12.2. The van der Waals surface area contributed by atoms with Gasteiger partial charge in [-0.05, 0) is 30.7 Å². The Bertz CT molecular complexity index is 452. The molecule has 0 saturated carbocycles. The number of rotatable bonds is 6. The number of hydrogen-bond donors (Lipinski definition) is 1. The number of nitriles is 1. The number of benzene rings is 1. The predicted molar refractivity (Wildman–Crippen MR) is 75.3 cm³/mol. The zero-order chi connectivity index (χ0) is 14.4. The normalized spacial score (nSPS) is 13.7. The minimum atomic E-state index is -0.0944. The van der Waals surface area contributed by atoms with Crippen LogP contribution in [-0.4, -0.2) is 21.3 Å². The first kappa shape index (κ1) is 15.3. The summed E-state index contributed by atoms with van der Waals surface area (Å²) in [6.07, 6.45) is 0. The summed E-state index contributed by atoms with van der Waals surface area (Å²) in [6, 6.07) is 8.12. The predicted octanol–water partition coefficient (Wildman–Crippen LogP) is 2.76. The van der Waals surface area contributed by atoms with Crippen LogP contribution in [0.1, 0.15) is 25.5 Å². The molecule has 1 N–H and O–H groups in total. The summed E-state index contributed by atoms with van der Waals surface area (Å²) in [4.78, 5) is 0. The minimum absolute atomic E-state index is 0.0233. The van der Waals surface area contributed by atoms with Crippen molar-refractivity contribution in [1.29, 1.82) is 5.26 Å². The van der Waals surface area contributed by atoms with Gasteiger partial charge in [0.2, 0.25) is 0 Å². The van der Waals surface area contributed by atoms with Crippen molar-refractivity contribution in [2.24, 2.45) is 11.8 Å². The molecule has 4 nitrogen and oxygen atoms in total. The van der Waals surface area contributed by atoms with E-state index >= 15 is 0 Å². The van der Waals surface area contributed by atoms with E-state index in [9.17, 15) is 5.26 Å². The van der Waals surface area contributed by atoms with Gasteiger partial charge in [0.15, 0.2) is 11.5 Å². The Labute approximate surface area is 115 Å². The average molecular weight is 262 g/mol. The van der Waals surface area contributed by atoms with Crippen LogP contribution in [0.15, 0.2) is 18.2 Å². The van der Waals surface area contributed by atoms with E-state index in [0.717, 1.165) is 5.56 Å². The smallest absolute Gasteiger partial charge is 0.161 e. The number of nitrogens with one attached hydrogen (secondary N) is 1. The molecular formula is C15H22N2O2. The summed E-state index contributed by atoms with van der Waals surface area (Å²) in [7, 11) is 5.09. The maximum absolute atomic E-state index is 9.34. The highest BCUT2D eigenvalue weighted by Crippen LogP contribution is 2.34. The SMILES string of the molecule is CNC(c1ccc(OC)c(OC)c1)C(C#N)C(C)C. The summed E-state index contributed by atoms with van der Waals surface area (Å²) in [5.41, 5.74) is 1.03. The van der Waals surface area contributed by atoms with E-state index in [4.69, 9.17) is 9.47 Å². The summed E-state index contributed by atoms with van der Waals surface area (Å²) in [6.45, 7) is 4.11. The lowest BCUT2D eigenvalue weighted by molar-refractivity contribution is 0.346. The molecule has 0 bridgehead atoms. The fourth-order valence-electron chi connectivity index (χ4n) is 2.21. The van der Waals surface area contributed by atoms with Crippen LogP contribution in [0.5, 0.6) is 11.5 Å². The number of methoxy groups -OCH3 is 2. The fraction of sp³-hybridized carbons (Fsp3) is 0.533. The number of nitrogens with zero attached hydrogens (tertiary/aromatic N) is 1. The molecule has 0 aliphatic heterocycles. The van der Waals surface area contributed by atoms with Crippen LogP contribution in [0, 0.1) is 23.2 Å². The van der Waals surface area contributed by atoms with E-state index in [1.807, 2.05) is 25.2 Å². The van der Waals surface area contributed by atoms with Gasteiger partial charge in [-0.3, -0.25) is 0 Å². The van der Waals surface area contributed by atoms with Crippen molar-refractivity contribution in [3.63, 3.8) is 0 Å². The van der Waals surface area contributed by atoms with Crippen molar-refractivity contribution in [1.82, 2.24) is 5.32 Å². The van der Waals surface area contributed by atoms with Gasteiger partial charge in [0.05, 0.1) is 26.2 Å². The van der Waals surface area contributed by atoms with Gasteiger partial charge in [-0.1, -0.05) is 19.9 Å². The third-order valence-electron chi connectivity index (χ3n) is 3.30. The van der Waals surface area contributed by atoms with Crippen LogP contribution in [-0.2, 0) is 0 Å². The Kier molecular flexibility index (Phi) is 5.65. The Morgan fingerprint density at radius 1 is 1.16 bits per heavy atom. The Morgan fingerprint density at radius 3 is 2.21 bits per heavy atom. The van der Waals surface area contributed by atoms with Crippen LogP contribution in [0.3, 0.4) is 0 Å². The highest BCUT2D eigenvalue weighted by atomic mass is 16.5. The summed E-state index contributed by atoms with van der Waals surface area (Å²) in [5, 5.41) is 12.6. The molecule has 2 atom stereocenters. The summed E-state index contributed by atoms with van der Waals surface area (Å²) >= 11 is 0. The molecule has 1 rings (SSSR count). The first-order valence-corrected chi connectivity index (χ1v) is 6.37. The van der Waals surface area contributed by atoms with Gasteiger partial charge in [0.1, 0.15) is 0 Å². The van der Waals surface area contributed by atoms with E-state index in [1.54, 1.807) is 14.2 Å². The van der Waals surface area contributed by atoms with Gasteiger partial charge in [0.25, 0.3) is 0 Å². The number of hydrogen-bond acceptors (Lipinski definition) is 4. The lowest BCUT2D eigenvalue weighted by atomic mass is 9.85. The molecule has 0 amide bonds. The molecule has 2 unspecified atom stereocenters. The third kappa shape index (κ3) is 3.39. The second-order valence-corrected chi connectivity index (χ2v) is 4.78. The molecule has 1 aromatic carbocycles. The molecule has 0 saturated heterocycles. The molecule has 0 radical (unpaired) electrons. The molecule has 19 heavy (non-hydrogen) atoms. The second kappa shape index (κ2) is 7.01. The van der Waals surface area contributed by atoms with Crippen LogP contribution in [0.4, 0.5) is 0 Å². The van der Waals surface area contributed by atoms with Gasteiger partial charge in [-0.25, -0.2) is 0 Å². The van der Waals surface area contributed by atoms with Crippen molar-refractivity contribution in [3.05, 3.63) is 23.8 Å². The zero-order valence-corrected chi connectivity index (χ0v) is 12.2. The molecule has 0 aromatic heterocycles. The lowest BCUT2D eigenvalue weighted by Gasteiger charge is -2.25. The largest absolute Gasteiger partial charge is 0.493 e. The molecule has 1 aromatic rings. The van der Waals surface area contributed by atoms with Crippen molar-refractivity contribution < 1.29 is 9.47 Å². The summed E-state index contributed by atoms with van der Waals surface area (Å²) < 4.78 is 10.5. The first-order valence-electron chi connectivity index (χ1n) is 6.37. The van der Waals surface area contributed by atoms with Gasteiger partial charge in [-0.15, -0.1) is 0 Å². The second-order valence-electron chi connectivity index (χ2n) is 4.78. The van der Waals surface area contributed by atoms with Gasteiger partial charge >= 0.3 is 0 Å². The molecule has 0 aliphatic carbocycles. The van der Waals surface area contributed by atoms with Crippen LogP contribution in [0.25, 0.3) is 0 Å². The quantitative estimate of drug-likeness (QED) is 0.856. The third-order valence-corrected chi connectivity index (χ3v) is 3.30. The molecule has 104 valence electrons. The molecule has 4 heteroatoms. The molecule has 0 heterocycles. The Hall–Kier alpha value is -1.73. The monoisotopic (exact) mass is 262 g/mol. The van der Waals surface area contributed by atoms with Crippen LogP contribution >= 0.6 is 0 Å². The lowest BCUT2D eigenvalue weighted by Crippen LogP contribution is -2.27. The molecule has 0 spiro atoms.